The summed E-state index contributed by atoms with van der Waals surface area (Å²) in [5.41, 5.74) is 2.22. The van der Waals surface area contributed by atoms with E-state index in [9.17, 15) is 8.78 Å². The molecule has 78 valence electrons. The number of fused-ring (bicyclic) bond motifs is 3. The van der Waals surface area contributed by atoms with Crippen molar-refractivity contribution in [1.29, 1.82) is 0 Å². The molecular weight excluding hydrogens is 200 g/mol. The maximum atomic E-state index is 13.4. The summed E-state index contributed by atoms with van der Waals surface area (Å²) in [6.45, 7) is 1.06. The van der Waals surface area contributed by atoms with Gasteiger partial charge < -0.3 is 9.72 Å². The second-order valence-corrected chi connectivity index (χ2v) is 3.69. The SMILES string of the molecule is Fc1cc(F)c2[nH]c3c(c2c1)COCC3. The number of aromatic nitrogens is 1. The molecule has 0 bridgehead atoms. The summed E-state index contributed by atoms with van der Waals surface area (Å²) in [7, 11) is 0. The Bertz CT molecular complexity index is 533. The van der Waals surface area contributed by atoms with Crippen LogP contribution in [0.2, 0.25) is 0 Å². The van der Waals surface area contributed by atoms with Gasteiger partial charge in [-0.2, -0.15) is 0 Å². The fourth-order valence-electron chi connectivity index (χ4n) is 2.05. The molecule has 4 heteroatoms. The molecule has 1 aliphatic rings. The highest BCUT2D eigenvalue weighted by molar-refractivity contribution is 5.85. The zero-order valence-electron chi connectivity index (χ0n) is 7.94. The lowest BCUT2D eigenvalue weighted by molar-refractivity contribution is 0.111. The van der Waals surface area contributed by atoms with Gasteiger partial charge in [-0.1, -0.05) is 0 Å². The molecule has 0 amide bonds. The van der Waals surface area contributed by atoms with E-state index in [1.165, 1.54) is 6.07 Å². The van der Waals surface area contributed by atoms with Gasteiger partial charge in [0.15, 0.2) is 0 Å². The number of nitrogens with one attached hydrogen (secondary N) is 1. The van der Waals surface area contributed by atoms with Crippen molar-refractivity contribution in [2.45, 2.75) is 13.0 Å². The third kappa shape index (κ3) is 1.25. The van der Waals surface area contributed by atoms with Gasteiger partial charge >= 0.3 is 0 Å². The van der Waals surface area contributed by atoms with Crippen LogP contribution in [0.15, 0.2) is 12.1 Å². The molecule has 1 N–H and O–H groups in total. The van der Waals surface area contributed by atoms with E-state index in [1.54, 1.807) is 0 Å². The number of H-pyrrole nitrogens is 1. The average molecular weight is 209 g/mol. The van der Waals surface area contributed by atoms with Gasteiger partial charge in [0.2, 0.25) is 0 Å². The van der Waals surface area contributed by atoms with E-state index < -0.39 is 11.6 Å². The molecular formula is C11H9F2NO. The lowest BCUT2D eigenvalue weighted by atomic mass is 10.1. The fraction of sp³-hybridized carbons (Fsp3) is 0.273. The highest BCUT2D eigenvalue weighted by atomic mass is 19.1. The quantitative estimate of drug-likeness (QED) is 0.708. The highest BCUT2D eigenvalue weighted by Gasteiger charge is 2.18. The summed E-state index contributed by atoms with van der Waals surface area (Å²) in [5, 5.41) is 0.599. The van der Waals surface area contributed by atoms with Crippen molar-refractivity contribution in [3.8, 4) is 0 Å². The van der Waals surface area contributed by atoms with Gasteiger partial charge in [0.05, 0.1) is 18.7 Å². The molecule has 2 aromatic rings. The minimum Gasteiger partial charge on any atom is -0.376 e. The van der Waals surface area contributed by atoms with E-state index >= 15 is 0 Å². The van der Waals surface area contributed by atoms with Gasteiger partial charge in [-0.25, -0.2) is 8.78 Å². The molecule has 0 aliphatic carbocycles. The summed E-state index contributed by atoms with van der Waals surface area (Å²) in [4.78, 5) is 2.99. The minimum absolute atomic E-state index is 0.381. The molecule has 0 radical (unpaired) electrons. The Morgan fingerprint density at radius 1 is 1.27 bits per heavy atom. The van der Waals surface area contributed by atoms with Crippen molar-refractivity contribution in [1.82, 2.24) is 4.98 Å². The summed E-state index contributed by atoms with van der Waals surface area (Å²) in [5.74, 6) is -1.09. The van der Waals surface area contributed by atoms with Crippen molar-refractivity contribution in [2.24, 2.45) is 0 Å². The average Bonchev–Trinajstić information content (AvgIpc) is 2.57. The van der Waals surface area contributed by atoms with Crippen LogP contribution in [0.1, 0.15) is 11.3 Å². The van der Waals surface area contributed by atoms with Gasteiger partial charge in [-0.05, 0) is 6.07 Å². The molecule has 0 saturated carbocycles. The van der Waals surface area contributed by atoms with E-state index in [-0.39, 0.29) is 0 Å². The van der Waals surface area contributed by atoms with E-state index in [2.05, 4.69) is 4.98 Å². The van der Waals surface area contributed by atoms with Crippen molar-refractivity contribution >= 4 is 10.9 Å². The molecule has 0 atom stereocenters. The molecule has 0 spiro atoms. The van der Waals surface area contributed by atoms with Crippen LogP contribution in [0.4, 0.5) is 8.78 Å². The van der Waals surface area contributed by atoms with E-state index in [4.69, 9.17) is 4.74 Å². The molecule has 1 aromatic heterocycles. The van der Waals surface area contributed by atoms with Gasteiger partial charge in [0, 0.05) is 29.1 Å². The fourth-order valence-corrected chi connectivity index (χ4v) is 2.05. The zero-order valence-corrected chi connectivity index (χ0v) is 7.94. The lowest BCUT2D eigenvalue weighted by Gasteiger charge is -2.11. The molecule has 2 heterocycles. The van der Waals surface area contributed by atoms with Gasteiger partial charge in [0.1, 0.15) is 11.6 Å². The Morgan fingerprint density at radius 3 is 3.00 bits per heavy atom. The largest absolute Gasteiger partial charge is 0.376 e. The number of aromatic amines is 1. The molecule has 1 aliphatic heterocycles. The second kappa shape index (κ2) is 3.03. The normalized spacial score (nSPS) is 15.6. The summed E-state index contributed by atoms with van der Waals surface area (Å²) in [6, 6.07) is 2.24. The van der Waals surface area contributed by atoms with Gasteiger partial charge in [0.25, 0.3) is 0 Å². The third-order valence-corrected chi connectivity index (χ3v) is 2.76. The number of hydrogen-bond donors (Lipinski definition) is 1. The summed E-state index contributed by atoms with van der Waals surface area (Å²) < 4.78 is 31.7. The molecule has 0 fully saturated rings. The predicted molar refractivity (Wildman–Crippen MR) is 51.6 cm³/mol. The van der Waals surface area contributed by atoms with E-state index in [0.717, 1.165) is 23.7 Å². The smallest absolute Gasteiger partial charge is 0.150 e. The van der Waals surface area contributed by atoms with E-state index in [1.807, 2.05) is 0 Å². The number of rotatable bonds is 0. The van der Waals surface area contributed by atoms with Crippen LogP contribution in [0.25, 0.3) is 10.9 Å². The minimum atomic E-state index is -0.549. The first-order valence-electron chi connectivity index (χ1n) is 4.82. The third-order valence-electron chi connectivity index (χ3n) is 2.76. The first-order chi connectivity index (χ1) is 7.25. The molecule has 2 nitrogen and oxygen atoms in total. The maximum absolute atomic E-state index is 13.4. The van der Waals surface area contributed by atoms with Crippen LogP contribution >= 0.6 is 0 Å². The molecule has 0 saturated heterocycles. The van der Waals surface area contributed by atoms with Gasteiger partial charge in [-0.15, -0.1) is 0 Å². The van der Waals surface area contributed by atoms with Crippen molar-refractivity contribution in [2.75, 3.05) is 6.61 Å². The van der Waals surface area contributed by atoms with Crippen LogP contribution in [0, 0.1) is 11.6 Å². The monoisotopic (exact) mass is 209 g/mol. The lowest BCUT2D eigenvalue weighted by Crippen LogP contribution is -2.08. The molecule has 0 unspecified atom stereocenters. The van der Waals surface area contributed by atoms with Crippen LogP contribution in [0.5, 0.6) is 0 Å². The predicted octanol–water partition coefficient (Wildman–Crippen LogP) is 2.52. The van der Waals surface area contributed by atoms with Crippen molar-refractivity contribution in [3.63, 3.8) is 0 Å². The maximum Gasteiger partial charge on any atom is 0.150 e. The summed E-state index contributed by atoms with van der Waals surface area (Å²) in [6.07, 6.45) is 0.727. The molecule has 15 heavy (non-hydrogen) atoms. The van der Waals surface area contributed by atoms with Crippen LogP contribution in [-0.4, -0.2) is 11.6 Å². The number of benzene rings is 1. The second-order valence-electron chi connectivity index (χ2n) is 3.69. The number of halogens is 2. The summed E-state index contributed by atoms with van der Waals surface area (Å²) >= 11 is 0. The van der Waals surface area contributed by atoms with E-state index in [0.29, 0.717) is 24.1 Å². The number of hydrogen-bond acceptors (Lipinski definition) is 1. The highest BCUT2D eigenvalue weighted by Crippen LogP contribution is 2.28. The number of ether oxygens (including phenoxy) is 1. The van der Waals surface area contributed by atoms with Gasteiger partial charge in [-0.3, -0.25) is 0 Å². The topological polar surface area (TPSA) is 25.0 Å². The van der Waals surface area contributed by atoms with Crippen LogP contribution in [0.3, 0.4) is 0 Å². The van der Waals surface area contributed by atoms with Crippen molar-refractivity contribution in [3.05, 3.63) is 35.0 Å². The standard InChI is InChI=1S/C11H9F2NO/c12-6-3-7-8-5-15-2-1-10(8)14-11(7)9(13)4-6/h3-4,14H,1-2,5H2. The van der Waals surface area contributed by atoms with Crippen molar-refractivity contribution < 1.29 is 13.5 Å². The first kappa shape index (κ1) is 8.85. The Kier molecular flexibility index (Phi) is 1.79. The Morgan fingerprint density at radius 2 is 2.13 bits per heavy atom. The van der Waals surface area contributed by atoms with Crippen LogP contribution in [-0.2, 0) is 17.8 Å². The zero-order chi connectivity index (χ0) is 10.4. The molecule has 1 aromatic carbocycles. The Balaban J connectivity index is 2.37. The Labute approximate surface area is 84.9 Å². The first-order valence-corrected chi connectivity index (χ1v) is 4.82. The Hall–Kier alpha value is -1.42. The molecule has 3 rings (SSSR count). The van der Waals surface area contributed by atoms with Crippen LogP contribution < -0.4 is 0 Å².